The minimum atomic E-state index is -3.66. The van der Waals surface area contributed by atoms with Gasteiger partial charge in [-0.1, -0.05) is 36.4 Å². The number of nitrogens with zero attached hydrogens (tertiary/aromatic N) is 1. The number of fused-ring (bicyclic) bond motifs is 2. The lowest BCUT2D eigenvalue weighted by atomic mass is 10.0. The van der Waals surface area contributed by atoms with Crippen LogP contribution in [0.5, 0.6) is 0 Å². The zero-order chi connectivity index (χ0) is 19.2. The molecule has 0 spiro atoms. The van der Waals surface area contributed by atoms with Crippen molar-refractivity contribution >= 4 is 32.4 Å². The van der Waals surface area contributed by atoms with E-state index in [1.165, 1.54) is 4.31 Å². The highest BCUT2D eigenvalue weighted by atomic mass is 32.2. The molecule has 0 bridgehead atoms. The van der Waals surface area contributed by atoms with Crippen molar-refractivity contribution in [3.05, 3.63) is 71.8 Å². The van der Waals surface area contributed by atoms with Gasteiger partial charge in [0.15, 0.2) is 0 Å². The second-order valence-corrected chi connectivity index (χ2v) is 8.95. The molecule has 0 aliphatic carbocycles. The minimum absolute atomic E-state index is 0.107. The maximum Gasteiger partial charge on any atom is 0.243 e. The van der Waals surface area contributed by atoms with E-state index in [1.807, 2.05) is 42.5 Å². The third kappa shape index (κ3) is 3.11. The van der Waals surface area contributed by atoms with Crippen LogP contribution in [0.2, 0.25) is 0 Å². The van der Waals surface area contributed by atoms with E-state index < -0.39 is 10.0 Å². The molecule has 1 aliphatic rings. The first-order chi connectivity index (χ1) is 12.9. The molecule has 0 unspecified atom stereocenters. The van der Waals surface area contributed by atoms with E-state index >= 15 is 0 Å². The summed E-state index contributed by atoms with van der Waals surface area (Å²) >= 11 is 0. The Kier molecular flexibility index (Phi) is 4.25. The number of rotatable bonds is 4. The van der Waals surface area contributed by atoms with Gasteiger partial charge in [0.1, 0.15) is 0 Å². The lowest BCUT2D eigenvalue weighted by Crippen LogP contribution is -2.26. The van der Waals surface area contributed by atoms with Crippen LogP contribution in [-0.4, -0.2) is 25.7 Å². The third-order valence-electron chi connectivity index (χ3n) is 5.07. The number of benzene rings is 3. The van der Waals surface area contributed by atoms with Crippen LogP contribution in [0.25, 0.3) is 10.8 Å². The summed E-state index contributed by atoms with van der Waals surface area (Å²) in [4.78, 5) is 12.0. The lowest BCUT2D eigenvalue weighted by molar-refractivity contribution is -0.116. The van der Waals surface area contributed by atoms with Gasteiger partial charge in [0.25, 0.3) is 0 Å². The fourth-order valence-electron chi connectivity index (χ4n) is 3.41. The number of amides is 1. The lowest BCUT2D eigenvalue weighted by Gasteiger charge is -2.18. The summed E-state index contributed by atoms with van der Waals surface area (Å²) in [7, 11) is -2.08. The van der Waals surface area contributed by atoms with Crippen LogP contribution in [-0.2, 0) is 21.4 Å². The highest BCUT2D eigenvalue weighted by Crippen LogP contribution is 2.34. The Morgan fingerprint density at radius 1 is 1.00 bits per heavy atom. The average molecular weight is 380 g/mol. The molecule has 0 saturated carbocycles. The summed E-state index contributed by atoms with van der Waals surface area (Å²) in [5.41, 5.74) is 2.33. The van der Waals surface area contributed by atoms with Crippen LogP contribution in [0.1, 0.15) is 24.0 Å². The molecule has 1 N–H and O–H groups in total. The zero-order valence-corrected chi connectivity index (χ0v) is 16.0. The first kappa shape index (κ1) is 17.7. The van der Waals surface area contributed by atoms with Crippen LogP contribution in [0.4, 0.5) is 5.69 Å². The summed E-state index contributed by atoms with van der Waals surface area (Å²) in [6.07, 6.45) is 0. The van der Waals surface area contributed by atoms with Gasteiger partial charge < -0.3 is 5.32 Å². The maximum atomic E-state index is 13.0. The van der Waals surface area contributed by atoms with E-state index in [9.17, 15) is 13.2 Å². The normalized spacial score (nSPS) is 16.6. The Morgan fingerprint density at radius 2 is 1.74 bits per heavy atom. The molecule has 1 aliphatic heterocycles. The molecule has 0 saturated heterocycles. The molecule has 6 heteroatoms. The number of hydrogen-bond donors (Lipinski definition) is 1. The van der Waals surface area contributed by atoms with E-state index in [4.69, 9.17) is 0 Å². The van der Waals surface area contributed by atoms with Crippen molar-refractivity contribution < 1.29 is 13.2 Å². The Hall–Kier alpha value is -2.70. The van der Waals surface area contributed by atoms with Crippen LogP contribution in [0.15, 0.2) is 65.6 Å². The van der Waals surface area contributed by atoms with Gasteiger partial charge in [0, 0.05) is 19.3 Å². The van der Waals surface area contributed by atoms with Crippen LogP contribution >= 0.6 is 0 Å². The molecular formula is C21H20N2O3S. The van der Waals surface area contributed by atoms with Gasteiger partial charge in [-0.2, -0.15) is 4.31 Å². The molecule has 5 nitrogen and oxygen atoms in total. The molecule has 1 heterocycles. The van der Waals surface area contributed by atoms with Crippen molar-refractivity contribution in [3.63, 3.8) is 0 Å². The SMILES string of the molecule is C[C@H]1C(=O)Nc2ccc(S(=O)(=O)N(C)Cc3ccc4ccccc4c3)cc21. The second kappa shape index (κ2) is 6.48. The highest BCUT2D eigenvalue weighted by molar-refractivity contribution is 7.89. The number of hydrogen-bond acceptors (Lipinski definition) is 3. The Labute approximate surface area is 158 Å². The predicted molar refractivity (Wildman–Crippen MR) is 106 cm³/mol. The standard InChI is InChI=1S/C21H20N2O3S/c1-14-19-12-18(9-10-20(19)22-21(14)24)27(25,26)23(2)13-15-7-8-16-5-3-4-6-17(16)11-15/h3-12,14H,13H2,1-2H3,(H,22,24)/t14-/m1/s1. The van der Waals surface area contributed by atoms with Crippen molar-refractivity contribution in [3.8, 4) is 0 Å². The summed E-state index contributed by atoms with van der Waals surface area (Å²) in [5.74, 6) is -0.454. The minimum Gasteiger partial charge on any atom is -0.325 e. The number of sulfonamides is 1. The molecule has 138 valence electrons. The average Bonchev–Trinajstić information content (AvgIpc) is 2.95. The van der Waals surface area contributed by atoms with Crippen LogP contribution < -0.4 is 5.32 Å². The summed E-state index contributed by atoms with van der Waals surface area (Å²) in [6, 6.07) is 18.7. The van der Waals surface area contributed by atoms with Crippen LogP contribution in [0, 0.1) is 0 Å². The third-order valence-corrected chi connectivity index (χ3v) is 6.87. The largest absolute Gasteiger partial charge is 0.325 e. The Bertz CT molecular complexity index is 1160. The van der Waals surface area contributed by atoms with E-state index in [0.29, 0.717) is 5.69 Å². The van der Waals surface area contributed by atoms with E-state index in [-0.39, 0.29) is 23.3 Å². The van der Waals surface area contributed by atoms with Crippen molar-refractivity contribution in [2.75, 3.05) is 12.4 Å². The van der Waals surface area contributed by atoms with Gasteiger partial charge in [-0.25, -0.2) is 8.42 Å². The van der Waals surface area contributed by atoms with Crippen LogP contribution in [0.3, 0.4) is 0 Å². The van der Waals surface area contributed by atoms with Gasteiger partial charge in [-0.15, -0.1) is 0 Å². The Balaban J connectivity index is 1.62. The molecule has 1 atom stereocenters. The van der Waals surface area contributed by atoms with E-state index in [0.717, 1.165) is 21.9 Å². The molecule has 4 rings (SSSR count). The number of carbonyl (C=O) groups is 1. The highest BCUT2D eigenvalue weighted by Gasteiger charge is 2.29. The molecule has 3 aromatic rings. The van der Waals surface area contributed by atoms with Gasteiger partial charge in [-0.3, -0.25) is 4.79 Å². The molecule has 1 amide bonds. The van der Waals surface area contributed by atoms with Gasteiger partial charge >= 0.3 is 0 Å². The summed E-state index contributed by atoms with van der Waals surface area (Å²) < 4.78 is 27.4. The topological polar surface area (TPSA) is 66.5 Å². The first-order valence-corrected chi connectivity index (χ1v) is 10.2. The molecular weight excluding hydrogens is 360 g/mol. The molecule has 0 fully saturated rings. The van der Waals surface area contributed by atoms with Crippen molar-refractivity contribution in [2.45, 2.75) is 24.3 Å². The van der Waals surface area contributed by atoms with E-state index in [2.05, 4.69) is 5.32 Å². The predicted octanol–water partition coefficient (Wildman–Crippen LogP) is 3.72. The fourth-order valence-corrected chi connectivity index (χ4v) is 4.61. The number of anilines is 1. The monoisotopic (exact) mass is 380 g/mol. The van der Waals surface area contributed by atoms with Gasteiger partial charge in [-0.05, 0) is 53.1 Å². The summed E-state index contributed by atoms with van der Waals surface area (Å²) in [5, 5.41) is 4.97. The molecule has 27 heavy (non-hydrogen) atoms. The van der Waals surface area contributed by atoms with Crippen molar-refractivity contribution in [1.29, 1.82) is 0 Å². The molecule has 0 aromatic heterocycles. The van der Waals surface area contributed by atoms with E-state index in [1.54, 1.807) is 32.2 Å². The first-order valence-electron chi connectivity index (χ1n) is 8.75. The zero-order valence-electron chi connectivity index (χ0n) is 15.1. The Morgan fingerprint density at radius 3 is 2.52 bits per heavy atom. The quantitative estimate of drug-likeness (QED) is 0.750. The molecule has 3 aromatic carbocycles. The van der Waals surface area contributed by atoms with Gasteiger partial charge in [0.2, 0.25) is 15.9 Å². The maximum absolute atomic E-state index is 13.0. The second-order valence-electron chi connectivity index (χ2n) is 6.90. The summed E-state index contributed by atoms with van der Waals surface area (Å²) in [6.45, 7) is 2.05. The fraction of sp³-hybridized carbons (Fsp3) is 0.190. The van der Waals surface area contributed by atoms with Gasteiger partial charge in [0.05, 0.1) is 10.8 Å². The van der Waals surface area contributed by atoms with Crippen molar-refractivity contribution in [1.82, 2.24) is 4.31 Å². The number of carbonyl (C=O) groups excluding carboxylic acids is 1. The molecule has 0 radical (unpaired) electrons. The number of nitrogens with one attached hydrogen (secondary N) is 1. The smallest absolute Gasteiger partial charge is 0.243 e. The van der Waals surface area contributed by atoms with Crippen molar-refractivity contribution in [2.24, 2.45) is 0 Å².